The van der Waals surface area contributed by atoms with Crippen LogP contribution in [-0.2, 0) is 6.54 Å². The zero-order valence-corrected chi connectivity index (χ0v) is 10.9. The van der Waals surface area contributed by atoms with Crippen LogP contribution in [0.5, 0.6) is 0 Å². The van der Waals surface area contributed by atoms with E-state index in [1.807, 2.05) is 30.3 Å². The molecule has 0 aliphatic heterocycles. The lowest BCUT2D eigenvalue weighted by Gasteiger charge is -2.07. The van der Waals surface area contributed by atoms with Gasteiger partial charge in [-0.05, 0) is 6.92 Å². The maximum atomic E-state index is 12.4. The molecule has 20 heavy (non-hydrogen) atoms. The van der Waals surface area contributed by atoms with Crippen molar-refractivity contribution < 1.29 is 5.11 Å². The average Bonchev–Trinajstić information content (AvgIpc) is 2.85. The minimum absolute atomic E-state index is 0.0916. The molecule has 7 nitrogen and oxygen atoms in total. The molecular formula is C13H13N5O2. The Kier molecular flexibility index (Phi) is 3.03. The van der Waals surface area contributed by atoms with Gasteiger partial charge in [-0.3, -0.25) is 4.79 Å². The highest BCUT2D eigenvalue weighted by molar-refractivity contribution is 5.58. The van der Waals surface area contributed by atoms with Crippen LogP contribution in [0.3, 0.4) is 0 Å². The van der Waals surface area contributed by atoms with E-state index in [9.17, 15) is 4.79 Å². The Morgan fingerprint density at radius 2 is 1.95 bits per heavy atom. The second kappa shape index (κ2) is 4.86. The Labute approximate surface area is 114 Å². The number of fused-ring (bicyclic) bond motifs is 1. The van der Waals surface area contributed by atoms with Crippen molar-refractivity contribution in [3.63, 3.8) is 0 Å². The molecule has 2 heterocycles. The normalized spacial score (nSPS) is 11.1. The summed E-state index contributed by atoms with van der Waals surface area (Å²) >= 11 is 0. The van der Waals surface area contributed by atoms with Gasteiger partial charge in [-0.15, -0.1) is 5.10 Å². The van der Waals surface area contributed by atoms with Crippen molar-refractivity contribution in [1.29, 1.82) is 0 Å². The first kappa shape index (κ1) is 12.5. The summed E-state index contributed by atoms with van der Waals surface area (Å²) in [6, 6.07) is 9.16. The number of nitrogens with zero attached hydrogens (tertiary/aromatic N) is 5. The second-order valence-corrected chi connectivity index (χ2v) is 4.34. The van der Waals surface area contributed by atoms with Crippen molar-refractivity contribution in [3.05, 3.63) is 46.5 Å². The summed E-state index contributed by atoms with van der Waals surface area (Å²) < 4.78 is 2.71. The van der Waals surface area contributed by atoms with Gasteiger partial charge in [-0.2, -0.15) is 14.6 Å². The van der Waals surface area contributed by atoms with Crippen LogP contribution in [0.15, 0.2) is 35.1 Å². The molecule has 1 aromatic carbocycles. The van der Waals surface area contributed by atoms with Crippen molar-refractivity contribution in [2.45, 2.75) is 13.5 Å². The summed E-state index contributed by atoms with van der Waals surface area (Å²) in [7, 11) is 0. The Balaban J connectivity index is 2.33. The Hall–Kier alpha value is -2.54. The fourth-order valence-corrected chi connectivity index (χ4v) is 2.04. The highest BCUT2D eigenvalue weighted by Crippen LogP contribution is 2.12. The molecule has 102 valence electrons. The molecule has 7 heteroatoms. The molecule has 0 spiro atoms. The molecule has 0 radical (unpaired) electrons. The van der Waals surface area contributed by atoms with Crippen molar-refractivity contribution in [1.82, 2.24) is 24.4 Å². The number of aliphatic hydroxyl groups is 1. The number of hydrogen-bond donors (Lipinski definition) is 1. The number of hydrogen-bond acceptors (Lipinski definition) is 5. The van der Waals surface area contributed by atoms with Gasteiger partial charge in [0.15, 0.2) is 5.69 Å². The molecule has 0 atom stereocenters. The molecular weight excluding hydrogens is 258 g/mol. The average molecular weight is 271 g/mol. The van der Waals surface area contributed by atoms with Gasteiger partial charge in [0.25, 0.3) is 5.78 Å². The number of rotatable bonds is 3. The molecule has 0 amide bonds. The van der Waals surface area contributed by atoms with Crippen molar-refractivity contribution >= 4 is 5.78 Å². The third kappa shape index (κ3) is 1.97. The number of aromatic nitrogens is 5. The van der Waals surface area contributed by atoms with E-state index in [0.29, 0.717) is 17.2 Å². The maximum Gasteiger partial charge on any atom is 0.302 e. The Morgan fingerprint density at radius 3 is 2.65 bits per heavy atom. The van der Waals surface area contributed by atoms with Gasteiger partial charge in [0, 0.05) is 5.56 Å². The predicted octanol–water partition coefficient (Wildman–Crippen LogP) is 0.254. The second-order valence-electron chi connectivity index (χ2n) is 4.34. The first-order valence-corrected chi connectivity index (χ1v) is 6.21. The first-order valence-electron chi connectivity index (χ1n) is 6.21. The van der Waals surface area contributed by atoms with E-state index in [4.69, 9.17) is 5.11 Å². The van der Waals surface area contributed by atoms with E-state index >= 15 is 0 Å². The summed E-state index contributed by atoms with van der Waals surface area (Å²) in [5, 5.41) is 17.5. The zero-order valence-electron chi connectivity index (χ0n) is 10.9. The molecule has 0 fully saturated rings. The van der Waals surface area contributed by atoms with Crippen LogP contribution in [0.2, 0.25) is 0 Å². The molecule has 2 aromatic heterocycles. The zero-order chi connectivity index (χ0) is 14.1. The molecule has 0 bridgehead atoms. The van der Waals surface area contributed by atoms with Crippen LogP contribution in [0.1, 0.15) is 5.82 Å². The summed E-state index contributed by atoms with van der Waals surface area (Å²) in [5.74, 6) is 0.821. The molecule has 0 aliphatic rings. The van der Waals surface area contributed by atoms with Gasteiger partial charge < -0.3 is 5.11 Å². The number of benzene rings is 1. The fraction of sp³-hybridized carbons (Fsp3) is 0.231. The topological polar surface area (TPSA) is 85.3 Å². The van der Waals surface area contributed by atoms with E-state index in [1.165, 1.54) is 9.20 Å². The van der Waals surface area contributed by atoms with Crippen LogP contribution in [0.4, 0.5) is 0 Å². The fourth-order valence-electron chi connectivity index (χ4n) is 2.04. The Morgan fingerprint density at radius 1 is 1.20 bits per heavy atom. The van der Waals surface area contributed by atoms with Gasteiger partial charge in [-0.1, -0.05) is 30.3 Å². The van der Waals surface area contributed by atoms with Gasteiger partial charge in [0.05, 0.1) is 13.2 Å². The van der Waals surface area contributed by atoms with Crippen LogP contribution < -0.4 is 5.56 Å². The number of aryl methyl sites for hydroxylation is 1. The standard InChI is InChI=1S/C13H13N5O2/c1-9-14-13-17(7-8-19)16-11(12(20)18(13)15-9)10-5-3-2-4-6-10/h2-6,19H,7-8H2,1H3. The van der Waals surface area contributed by atoms with E-state index in [2.05, 4.69) is 15.2 Å². The van der Waals surface area contributed by atoms with Gasteiger partial charge in [0.2, 0.25) is 0 Å². The van der Waals surface area contributed by atoms with E-state index in [0.717, 1.165) is 0 Å². The predicted molar refractivity (Wildman–Crippen MR) is 72.3 cm³/mol. The SMILES string of the molecule is Cc1nc2n(CCO)nc(-c3ccccc3)c(=O)n2n1. The lowest BCUT2D eigenvalue weighted by molar-refractivity contribution is 0.269. The molecule has 1 N–H and O–H groups in total. The van der Waals surface area contributed by atoms with Crippen molar-refractivity contribution in [3.8, 4) is 11.3 Å². The Bertz CT molecular complexity index is 807. The van der Waals surface area contributed by atoms with Gasteiger partial charge in [0.1, 0.15) is 5.82 Å². The third-order valence-corrected chi connectivity index (χ3v) is 2.90. The number of aliphatic hydroxyl groups excluding tert-OH is 1. The maximum absolute atomic E-state index is 12.4. The quantitative estimate of drug-likeness (QED) is 0.738. The van der Waals surface area contributed by atoms with E-state index < -0.39 is 0 Å². The molecule has 0 aliphatic carbocycles. The molecule has 3 rings (SSSR count). The summed E-state index contributed by atoms with van der Waals surface area (Å²) in [6.45, 7) is 1.87. The lowest BCUT2D eigenvalue weighted by atomic mass is 10.2. The van der Waals surface area contributed by atoms with Gasteiger partial charge >= 0.3 is 5.56 Å². The summed E-state index contributed by atoms with van der Waals surface area (Å²) in [5.41, 5.74) is 0.677. The van der Waals surface area contributed by atoms with Crippen molar-refractivity contribution in [2.75, 3.05) is 6.61 Å². The van der Waals surface area contributed by atoms with Crippen LogP contribution in [0, 0.1) is 6.92 Å². The molecule has 0 saturated heterocycles. The molecule has 0 saturated carbocycles. The monoisotopic (exact) mass is 271 g/mol. The largest absolute Gasteiger partial charge is 0.394 e. The van der Waals surface area contributed by atoms with Crippen LogP contribution >= 0.6 is 0 Å². The summed E-state index contributed by atoms with van der Waals surface area (Å²) in [6.07, 6.45) is 0. The smallest absolute Gasteiger partial charge is 0.302 e. The lowest BCUT2D eigenvalue weighted by Crippen LogP contribution is -2.24. The molecule has 3 aromatic rings. The first-order chi connectivity index (χ1) is 9.70. The molecule has 0 unspecified atom stereocenters. The van der Waals surface area contributed by atoms with E-state index in [-0.39, 0.29) is 24.4 Å². The highest BCUT2D eigenvalue weighted by Gasteiger charge is 2.14. The minimum atomic E-state index is -0.319. The summed E-state index contributed by atoms with van der Waals surface area (Å²) in [4.78, 5) is 16.6. The van der Waals surface area contributed by atoms with Crippen molar-refractivity contribution in [2.24, 2.45) is 0 Å². The van der Waals surface area contributed by atoms with Gasteiger partial charge in [-0.25, -0.2) is 4.68 Å². The third-order valence-electron chi connectivity index (χ3n) is 2.90. The van der Waals surface area contributed by atoms with Crippen LogP contribution in [0.25, 0.3) is 17.0 Å². The van der Waals surface area contributed by atoms with Crippen LogP contribution in [-0.4, -0.2) is 36.1 Å². The highest BCUT2D eigenvalue weighted by atomic mass is 16.3. The van der Waals surface area contributed by atoms with E-state index in [1.54, 1.807) is 6.92 Å². The minimum Gasteiger partial charge on any atom is -0.394 e.